The zero-order valence-electron chi connectivity index (χ0n) is 13.8. The highest BCUT2D eigenvalue weighted by molar-refractivity contribution is 6.34. The molecule has 7 heteroatoms. The zero-order valence-corrected chi connectivity index (χ0v) is 15.3. The second-order valence-electron chi connectivity index (χ2n) is 5.68. The predicted molar refractivity (Wildman–Crippen MR) is 98.1 cm³/mol. The first kappa shape index (κ1) is 19.5. The standard InChI is InChI=1S/C18H20Cl2N2O3/c1-12(25-17-8-14(19)7-15(20)9-17)18(24)22-10-13(11-23)6-16-4-2-3-5-21-16/h2-5,7-9,12-13,23H,6,10-11H2,1H3,(H,22,24)/t12-,13+/m1/s1. The Morgan fingerprint density at radius 1 is 1.28 bits per heavy atom. The number of hydrogen-bond acceptors (Lipinski definition) is 4. The first-order chi connectivity index (χ1) is 12.0. The van der Waals surface area contributed by atoms with Gasteiger partial charge in [-0.15, -0.1) is 0 Å². The van der Waals surface area contributed by atoms with E-state index >= 15 is 0 Å². The molecule has 25 heavy (non-hydrogen) atoms. The zero-order chi connectivity index (χ0) is 18.2. The highest BCUT2D eigenvalue weighted by Crippen LogP contribution is 2.24. The quantitative estimate of drug-likeness (QED) is 0.735. The SMILES string of the molecule is C[C@@H](Oc1cc(Cl)cc(Cl)c1)C(=O)NC[C@@H](CO)Cc1ccccn1. The normalized spacial score (nSPS) is 13.1. The molecule has 2 atom stereocenters. The van der Waals surface area contributed by atoms with Gasteiger partial charge in [0.05, 0.1) is 0 Å². The van der Waals surface area contributed by atoms with Gasteiger partial charge in [-0.1, -0.05) is 29.3 Å². The van der Waals surface area contributed by atoms with Crippen molar-refractivity contribution in [3.05, 3.63) is 58.3 Å². The van der Waals surface area contributed by atoms with E-state index in [9.17, 15) is 9.90 Å². The van der Waals surface area contributed by atoms with Crippen LogP contribution >= 0.6 is 23.2 Å². The molecule has 2 rings (SSSR count). The molecular formula is C18H20Cl2N2O3. The molecule has 1 amide bonds. The van der Waals surface area contributed by atoms with Gasteiger partial charge >= 0.3 is 0 Å². The van der Waals surface area contributed by atoms with Crippen LogP contribution in [-0.4, -0.2) is 35.3 Å². The van der Waals surface area contributed by atoms with Gasteiger partial charge in [0.15, 0.2) is 6.10 Å². The molecule has 0 fully saturated rings. The van der Waals surface area contributed by atoms with Gasteiger partial charge in [-0.05, 0) is 43.7 Å². The number of carbonyl (C=O) groups is 1. The van der Waals surface area contributed by atoms with Gasteiger partial charge < -0.3 is 15.2 Å². The van der Waals surface area contributed by atoms with Crippen LogP contribution in [0.2, 0.25) is 10.0 Å². The number of pyridine rings is 1. The number of aliphatic hydroxyl groups is 1. The Bertz CT molecular complexity index is 678. The summed E-state index contributed by atoms with van der Waals surface area (Å²) in [5, 5.41) is 13.2. The monoisotopic (exact) mass is 382 g/mol. The minimum absolute atomic E-state index is 0.0456. The van der Waals surface area contributed by atoms with E-state index in [4.69, 9.17) is 27.9 Å². The molecule has 2 N–H and O–H groups in total. The first-order valence-corrected chi connectivity index (χ1v) is 8.64. The molecule has 134 valence electrons. The number of rotatable bonds is 8. The van der Waals surface area contributed by atoms with Gasteiger partial charge in [0.1, 0.15) is 5.75 Å². The van der Waals surface area contributed by atoms with Gasteiger partial charge in [0, 0.05) is 41.0 Å². The lowest BCUT2D eigenvalue weighted by Crippen LogP contribution is -2.40. The number of hydrogen-bond donors (Lipinski definition) is 2. The van der Waals surface area contributed by atoms with E-state index in [2.05, 4.69) is 10.3 Å². The molecule has 0 saturated carbocycles. The third-order valence-corrected chi connectivity index (χ3v) is 4.00. The number of carbonyl (C=O) groups excluding carboxylic acids is 1. The second kappa shape index (κ2) is 9.61. The lowest BCUT2D eigenvalue weighted by Gasteiger charge is -2.18. The number of halogens is 2. The van der Waals surface area contributed by atoms with Crippen molar-refractivity contribution in [1.82, 2.24) is 10.3 Å². The summed E-state index contributed by atoms with van der Waals surface area (Å²) in [6.07, 6.45) is 1.56. The maximum atomic E-state index is 12.2. The summed E-state index contributed by atoms with van der Waals surface area (Å²) in [6.45, 7) is 1.92. The molecule has 2 aromatic rings. The number of nitrogens with zero attached hydrogens (tertiary/aromatic N) is 1. The Balaban J connectivity index is 1.85. The molecule has 0 spiro atoms. The van der Waals surface area contributed by atoms with Crippen molar-refractivity contribution in [1.29, 1.82) is 0 Å². The molecule has 5 nitrogen and oxygen atoms in total. The molecule has 1 aromatic heterocycles. The summed E-state index contributed by atoms with van der Waals surface area (Å²) in [5.74, 6) is 0.0228. The predicted octanol–water partition coefficient (Wildman–Crippen LogP) is 3.12. The molecule has 0 unspecified atom stereocenters. The van der Waals surface area contributed by atoms with Gasteiger partial charge in [-0.25, -0.2) is 0 Å². The highest BCUT2D eigenvalue weighted by atomic mass is 35.5. The van der Waals surface area contributed by atoms with E-state index in [0.717, 1.165) is 5.69 Å². The first-order valence-electron chi connectivity index (χ1n) is 7.89. The van der Waals surface area contributed by atoms with Crippen molar-refractivity contribution in [2.45, 2.75) is 19.4 Å². The molecule has 0 saturated heterocycles. The van der Waals surface area contributed by atoms with E-state index in [1.54, 1.807) is 31.3 Å². The summed E-state index contributed by atoms with van der Waals surface area (Å²) >= 11 is 11.8. The van der Waals surface area contributed by atoms with Crippen LogP contribution < -0.4 is 10.1 Å². The smallest absolute Gasteiger partial charge is 0.260 e. The van der Waals surface area contributed by atoms with Gasteiger partial charge in [0.2, 0.25) is 0 Å². The Morgan fingerprint density at radius 2 is 2.00 bits per heavy atom. The van der Waals surface area contributed by atoms with E-state index in [-0.39, 0.29) is 18.4 Å². The van der Waals surface area contributed by atoms with Crippen molar-refractivity contribution in [2.24, 2.45) is 5.92 Å². The molecule has 0 bridgehead atoms. The molecule has 0 radical (unpaired) electrons. The average Bonchev–Trinajstić information content (AvgIpc) is 2.58. The number of aromatic nitrogens is 1. The van der Waals surface area contributed by atoms with Crippen LogP contribution in [0.3, 0.4) is 0 Å². The van der Waals surface area contributed by atoms with E-state index in [0.29, 0.717) is 28.8 Å². The number of nitrogens with one attached hydrogen (secondary N) is 1. The number of ether oxygens (including phenoxy) is 1. The van der Waals surface area contributed by atoms with Crippen LogP contribution in [0.5, 0.6) is 5.75 Å². The lowest BCUT2D eigenvalue weighted by atomic mass is 10.0. The maximum absolute atomic E-state index is 12.2. The van der Waals surface area contributed by atoms with Crippen molar-refractivity contribution in [3.63, 3.8) is 0 Å². The Hall–Kier alpha value is -1.82. The fraction of sp³-hybridized carbons (Fsp3) is 0.333. The molecule has 0 aliphatic rings. The molecular weight excluding hydrogens is 363 g/mol. The van der Waals surface area contributed by atoms with Crippen LogP contribution in [0.4, 0.5) is 0 Å². The van der Waals surface area contributed by atoms with Crippen LogP contribution in [0.25, 0.3) is 0 Å². The van der Waals surface area contributed by atoms with Crippen LogP contribution in [0.1, 0.15) is 12.6 Å². The van der Waals surface area contributed by atoms with Gasteiger partial charge in [-0.3, -0.25) is 9.78 Å². The van der Waals surface area contributed by atoms with Gasteiger partial charge in [0.25, 0.3) is 5.91 Å². The van der Waals surface area contributed by atoms with Crippen molar-refractivity contribution in [3.8, 4) is 5.75 Å². The average molecular weight is 383 g/mol. The largest absolute Gasteiger partial charge is 0.481 e. The summed E-state index contributed by atoms with van der Waals surface area (Å²) in [5.41, 5.74) is 0.869. The lowest BCUT2D eigenvalue weighted by molar-refractivity contribution is -0.127. The van der Waals surface area contributed by atoms with Crippen LogP contribution in [0, 0.1) is 5.92 Å². The molecule has 1 heterocycles. The second-order valence-corrected chi connectivity index (χ2v) is 6.56. The van der Waals surface area contributed by atoms with Crippen LogP contribution in [-0.2, 0) is 11.2 Å². The molecule has 0 aliphatic carbocycles. The topological polar surface area (TPSA) is 71.5 Å². The third-order valence-electron chi connectivity index (χ3n) is 3.57. The number of amides is 1. The van der Waals surface area contributed by atoms with E-state index in [1.165, 1.54) is 0 Å². The highest BCUT2D eigenvalue weighted by Gasteiger charge is 2.17. The van der Waals surface area contributed by atoms with Gasteiger partial charge in [-0.2, -0.15) is 0 Å². The minimum atomic E-state index is -0.719. The minimum Gasteiger partial charge on any atom is -0.481 e. The summed E-state index contributed by atoms with van der Waals surface area (Å²) < 4.78 is 5.57. The van der Waals surface area contributed by atoms with Crippen LogP contribution in [0.15, 0.2) is 42.6 Å². The Labute approximate surface area is 156 Å². The fourth-order valence-corrected chi connectivity index (χ4v) is 2.76. The summed E-state index contributed by atoms with van der Waals surface area (Å²) in [4.78, 5) is 16.4. The summed E-state index contributed by atoms with van der Waals surface area (Å²) in [7, 11) is 0. The van der Waals surface area contributed by atoms with Crippen molar-refractivity contribution < 1.29 is 14.6 Å². The number of benzene rings is 1. The van der Waals surface area contributed by atoms with Crippen molar-refractivity contribution >= 4 is 29.1 Å². The van der Waals surface area contributed by atoms with Crippen molar-refractivity contribution in [2.75, 3.05) is 13.2 Å². The fourth-order valence-electron chi connectivity index (χ4n) is 2.26. The van der Waals surface area contributed by atoms with E-state index < -0.39 is 6.10 Å². The Kier molecular flexibility index (Phi) is 7.50. The third kappa shape index (κ3) is 6.53. The van der Waals surface area contributed by atoms with E-state index in [1.807, 2.05) is 18.2 Å². The molecule has 0 aliphatic heterocycles. The number of aliphatic hydroxyl groups excluding tert-OH is 1. The summed E-state index contributed by atoms with van der Waals surface area (Å²) in [6, 6.07) is 10.4. The molecule has 1 aromatic carbocycles. The maximum Gasteiger partial charge on any atom is 0.260 e. The Morgan fingerprint density at radius 3 is 2.60 bits per heavy atom.